The van der Waals surface area contributed by atoms with Crippen molar-refractivity contribution < 1.29 is 18.8 Å². The third kappa shape index (κ3) is 7.35. The number of imidazole rings is 1. The normalized spacial score (nSPS) is 14.5. The minimum absolute atomic E-state index is 0.0335. The van der Waals surface area contributed by atoms with Gasteiger partial charge in [0, 0.05) is 12.7 Å². The number of fused-ring (bicyclic) bond motifs is 1. The minimum Gasteiger partial charge on any atom is -0.465 e. The molecule has 2 aromatic heterocycles. The van der Waals surface area contributed by atoms with Crippen molar-refractivity contribution in [1.82, 2.24) is 24.6 Å². The summed E-state index contributed by atoms with van der Waals surface area (Å²) in [5.74, 6) is -0.0498. The van der Waals surface area contributed by atoms with E-state index >= 15 is 0 Å². The van der Waals surface area contributed by atoms with Gasteiger partial charge in [-0.05, 0) is 39.7 Å². The average Bonchev–Trinajstić information content (AvgIpc) is 3.24. The third-order valence-corrected chi connectivity index (χ3v) is 8.39. The zero-order chi connectivity index (χ0) is 26.3. The number of aromatic nitrogens is 4. The Hall–Kier alpha value is -2.81. The molecule has 10 nitrogen and oxygen atoms in total. The highest BCUT2D eigenvalue weighted by molar-refractivity contribution is 7.61. The lowest BCUT2D eigenvalue weighted by atomic mass is 9.97. The number of nitrogens with one attached hydrogen (secondary N) is 1. The Kier molecular flexibility index (Phi) is 9.22. The predicted molar refractivity (Wildman–Crippen MR) is 141 cm³/mol. The molecule has 0 bridgehead atoms. The first-order chi connectivity index (χ1) is 17.0. The molecular weight excluding hydrogens is 479 g/mol. The molecule has 3 rings (SSSR count). The number of nitrogens with two attached hydrogens (primary N) is 1. The second-order valence-electron chi connectivity index (χ2n) is 9.82. The van der Waals surface area contributed by atoms with Gasteiger partial charge in [0.15, 0.2) is 18.8 Å². The molecule has 3 aromatic rings. The molecule has 2 atom stereocenters. The smallest absolute Gasteiger partial charge is 0.312 e. The molecule has 2 heterocycles. The van der Waals surface area contributed by atoms with E-state index in [1.54, 1.807) is 20.2 Å². The quantitative estimate of drug-likeness (QED) is 0.254. The lowest BCUT2D eigenvalue weighted by Gasteiger charge is -2.29. The zero-order valence-electron chi connectivity index (χ0n) is 21.7. The number of rotatable bonds is 13. The largest absolute Gasteiger partial charge is 0.465 e. The number of carbonyl (C=O) groups excluding carboxylic acids is 1. The van der Waals surface area contributed by atoms with Crippen molar-refractivity contribution in [2.45, 2.75) is 60.2 Å². The zero-order valence-corrected chi connectivity index (χ0v) is 22.6. The SMILES string of the molecule is CCCOC(=O)C(C)(C)CP(=O)(CO[C@H](C)Cn1cnc2c(N)ncnc21)NCc1ccc(C)cc1. The summed E-state index contributed by atoms with van der Waals surface area (Å²) in [6.45, 7) is 10.5. The van der Waals surface area contributed by atoms with Crippen molar-refractivity contribution in [3.05, 3.63) is 48.0 Å². The van der Waals surface area contributed by atoms with E-state index in [0.29, 0.717) is 36.7 Å². The molecular formula is C25H37N6O4P. The number of esters is 1. The molecule has 0 spiro atoms. The van der Waals surface area contributed by atoms with E-state index in [1.165, 1.54) is 6.33 Å². The molecule has 1 unspecified atom stereocenters. The monoisotopic (exact) mass is 516 g/mol. The molecule has 0 aliphatic heterocycles. The number of nitrogen functional groups attached to an aromatic ring is 1. The number of aryl methyl sites for hydroxylation is 1. The molecule has 0 saturated carbocycles. The average molecular weight is 517 g/mol. The summed E-state index contributed by atoms with van der Waals surface area (Å²) < 4.78 is 27.4. The lowest BCUT2D eigenvalue weighted by Crippen LogP contribution is -2.34. The van der Waals surface area contributed by atoms with Crippen molar-refractivity contribution >= 4 is 30.2 Å². The van der Waals surface area contributed by atoms with Crippen LogP contribution in [0.1, 0.15) is 45.2 Å². The van der Waals surface area contributed by atoms with Crippen LogP contribution >= 0.6 is 7.29 Å². The van der Waals surface area contributed by atoms with Crippen LogP contribution in [-0.2, 0) is 31.9 Å². The molecule has 196 valence electrons. The first-order valence-electron chi connectivity index (χ1n) is 12.1. The van der Waals surface area contributed by atoms with E-state index in [-0.39, 0.29) is 24.6 Å². The van der Waals surface area contributed by atoms with Crippen molar-refractivity contribution in [3.8, 4) is 0 Å². The Balaban J connectivity index is 1.71. The van der Waals surface area contributed by atoms with Gasteiger partial charge < -0.3 is 24.3 Å². The van der Waals surface area contributed by atoms with Gasteiger partial charge in [-0.25, -0.2) is 15.0 Å². The summed E-state index contributed by atoms with van der Waals surface area (Å²) in [7, 11) is -3.15. The minimum atomic E-state index is -3.15. The Bertz CT molecular complexity index is 1210. The standard InChI is InChI=1S/C25H37N6O4P/c1-6-11-34-24(32)25(4,5)14-36(33,30-12-20-9-7-18(2)8-10-20)17-35-19(3)13-31-16-29-21-22(26)27-15-28-23(21)31/h7-10,15-16,19H,6,11-14,17H2,1-5H3,(H,30,33)(H2,26,27,28)/t19-,36?/m1/s1. The topological polar surface area (TPSA) is 134 Å². The molecule has 0 radical (unpaired) electrons. The first kappa shape index (κ1) is 27.8. The Labute approximate surface area is 212 Å². The fourth-order valence-corrected chi connectivity index (χ4v) is 6.46. The first-order valence-corrected chi connectivity index (χ1v) is 14.2. The summed E-state index contributed by atoms with van der Waals surface area (Å²) in [6, 6.07) is 8.01. The number of ether oxygens (including phenoxy) is 2. The molecule has 0 saturated heterocycles. The van der Waals surface area contributed by atoms with Gasteiger partial charge in [0.1, 0.15) is 18.2 Å². The molecule has 36 heavy (non-hydrogen) atoms. The molecule has 11 heteroatoms. The number of anilines is 1. The van der Waals surface area contributed by atoms with Gasteiger partial charge in [-0.1, -0.05) is 36.8 Å². The van der Waals surface area contributed by atoms with Crippen LogP contribution in [0.3, 0.4) is 0 Å². The fraction of sp³-hybridized carbons (Fsp3) is 0.520. The summed E-state index contributed by atoms with van der Waals surface area (Å²) in [4.78, 5) is 25.2. The second kappa shape index (κ2) is 12.0. The highest BCUT2D eigenvalue weighted by Crippen LogP contribution is 2.47. The van der Waals surface area contributed by atoms with Gasteiger partial charge in [0.25, 0.3) is 0 Å². The number of hydrogen-bond donors (Lipinski definition) is 2. The van der Waals surface area contributed by atoms with Gasteiger partial charge in [-0.15, -0.1) is 0 Å². The molecule has 1 aromatic carbocycles. The second-order valence-corrected chi connectivity index (χ2v) is 12.5. The van der Waals surface area contributed by atoms with Crippen molar-refractivity contribution in [2.75, 3.05) is 24.9 Å². The maximum Gasteiger partial charge on any atom is 0.312 e. The van der Waals surface area contributed by atoms with Crippen LogP contribution in [-0.4, -0.2) is 50.7 Å². The molecule has 0 amide bonds. The number of nitrogens with zero attached hydrogens (tertiary/aromatic N) is 4. The van der Waals surface area contributed by atoms with Crippen LogP contribution in [0.25, 0.3) is 11.2 Å². The maximum atomic E-state index is 14.1. The highest BCUT2D eigenvalue weighted by Gasteiger charge is 2.38. The third-order valence-electron chi connectivity index (χ3n) is 5.78. The summed E-state index contributed by atoms with van der Waals surface area (Å²) in [6.07, 6.45) is 3.53. The van der Waals surface area contributed by atoms with Gasteiger partial charge >= 0.3 is 5.97 Å². The Morgan fingerprint density at radius 3 is 2.64 bits per heavy atom. The van der Waals surface area contributed by atoms with E-state index in [2.05, 4.69) is 20.0 Å². The van der Waals surface area contributed by atoms with Crippen molar-refractivity contribution in [3.63, 3.8) is 0 Å². The van der Waals surface area contributed by atoms with E-state index in [0.717, 1.165) is 17.5 Å². The molecule has 3 N–H and O–H groups in total. The summed E-state index contributed by atoms with van der Waals surface area (Å²) in [5, 5.41) is 3.22. The van der Waals surface area contributed by atoms with Gasteiger partial charge in [-0.3, -0.25) is 9.88 Å². The van der Waals surface area contributed by atoms with Gasteiger partial charge in [-0.2, -0.15) is 0 Å². The van der Waals surface area contributed by atoms with Crippen LogP contribution in [0.2, 0.25) is 0 Å². The van der Waals surface area contributed by atoms with E-state index in [9.17, 15) is 9.36 Å². The maximum absolute atomic E-state index is 14.1. The van der Waals surface area contributed by atoms with Gasteiger partial charge in [0.05, 0.1) is 31.0 Å². The fourth-order valence-electron chi connectivity index (χ4n) is 3.79. The van der Waals surface area contributed by atoms with Crippen LogP contribution in [0.15, 0.2) is 36.9 Å². The van der Waals surface area contributed by atoms with E-state index in [1.807, 2.05) is 49.6 Å². The summed E-state index contributed by atoms with van der Waals surface area (Å²) >= 11 is 0. The van der Waals surface area contributed by atoms with Crippen molar-refractivity contribution in [2.24, 2.45) is 5.41 Å². The number of hydrogen-bond acceptors (Lipinski definition) is 8. The lowest BCUT2D eigenvalue weighted by molar-refractivity contribution is -0.152. The number of carbonyl (C=O) groups is 1. The van der Waals surface area contributed by atoms with Crippen molar-refractivity contribution in [1.29, 1.82) is 0 Å². The highest BCUT2D eigenvalue weighted by atomic mass is 31.2. The predicted octanol–water partition coefficient (Wildman–Crippen LogP) is 4.13. The molecule has 0 aliphatic rings. The van der Waals surface area contributed by atoms with E-state index in [4.69, 9.17) is 15.2 Å². The van der Waals surface area contributed by atoms with Gasteiger partial charge in [0.2, 0.25) is 0 Å². The molecule has 0 fully saturated rings. The number of benzene rings is 1. The van der Waals surface area contributed by atoms with E-state index < -0.39 is 12.7 Å². The van der Waals surface area contributed by atoms with Crippen LogP contribution in [0, 0.1) is 12.3 Å². The Morgan fingerprint density at radius 1 is 1.22 bits per heavy atom. The van der Waals surface area contributed by atoms with Crippen LogP contribution < -0.4 is 10.8 Å². The summed E-state index contributed by atoms with van der Waals surface area (Å²) in [5.41, 5.74) is 8.23. The van der Waals surface area contributed by atoms with Crippen LogP contribution in [0.5, 0.6) is 0 Å². The molecule has 0 aliphatic carbocycles. The van der Waals surface area contributed by atoms with Crippen LogP contribution in [0.4, 0.5) is 5.82 Å². The Morgan fingerprint density at radius 2 is 1.94 bits per heavy atom.